The molecular weight excluding hydrogens is 300 g/mol. The van der Waals surface area contributed by atoms with E-state index in [0.29, 0.717) is 12.1 Å². The van der Waals surface area contributed by atoms with E-state index in [1.807, 2.05) is 4.72 Å². The van der Waals surface area contributed by atoms with Crippen LogP contribution in [-0.2, 0) is 10.0 Å². The van der Waals surface area contributed by atoms with Crippen molar-refractivity contribution in [2.24, 2.45) is 0 Å². The molecule has 0 amide bonds. The van der Waals surface area contributed by atoms with Gasteiger partial charge in [-0.2, -0.15) is 0 Å². The van der Waals surface area contributed by atoms with Crippen LogP contribution in [0.15, 0.2) is 35.5 Å². The molecule has 0 saturated heterocycles. The molecular formula is C10H6ClF2N3O2S. The zero-order chi connectivity index (χ0) is 14.0. The average Bonchev–Trinajstić information content (AvgIpc) is 2.35. The highest BCUT2D eigenvalue weighted by Crippen LogP contribution is 2.20. The van der Waals surface area contributed by atoms with Crippen LogP contribution in [0.5, 0.6) is 0 Å². The maximum atomic E-state index is 13.0. The summed E-state index contributed by atoms with van der Waals surface area (Å²) in [5.74, 6) is -2.61. The highest BCUT2D eigenvalue weighted by molar-refractivity contribution is 7.92. The number of nitrogens with one attached hydrogen (secondary N) is 1. The third-order valence-electron chi connectivity index (χ3n) is 2.09. The lowest BCUT2D eigenvalue weighted by atomic mass is 10.3. The molecule has 0 aliphatic rings. The van der Waals surface area contributed by atoms with Crippen LogP contribution in [-0.4, -0.2) is 18.4 Å². The molecule has 1 N–H and O–H groups in total. The van der Waals surface area contributed by atoms with Crippen molar-refractivity contribution in [3.05, 3.63) is 47.4 Å². The van der Waals surface area contributed by atoms with Crippen molar-refractivity contribution in [3.63, 3.8) is 0 Å². The summed E-state index contributed by atoms with van der Waals surface area (Å²) in [6.45, 7) is 0. The van der Waals surface area contributed by atoms with E-state index >= 15 is 0 Å². The summed E-state index contributed by atoms with van der Waals surface area (Å²) in [4.78, 5) is 6.86. The predicted octanol–water partition coefficient (Wildman–Crippen LogP) is 2.21. The molecule has 1 aromatic carbocycles. The van der Waals surface area contributed by atoms with E-state index in [1.165, 1.54) is 12.4 Å². The van der Waals surface area contributed by atoms with E-state index in [0.717, 1.165) is 6.07 Å². The Bertz CT molecular complexity index is 724. The fourth-order valence-electron chi connectivity index (χ4n) is 1.22. The molecule has 1 aromatic heterocycles. The van der Waals surface area contributed by atoms with Gasteiger partial charge in [0.2, 0.25) is 0 Å². The molecule has 0 radical (unpaired) electrons. The quantitative estimate of drug-likeness (QED) is 0.943. The SMILES string of the molecule is O=S(=O)(Nc1nccnc1Cl)c1ccc(F)c(F)c1. The molecule has 0 aliphatic heterocycles. The van der Waals surface area contributed by atoms with Crippen LogP contribution in [0.3, 0.4) is 0 Å². The predicted molar refractivity (Wildman–Crippen MR) is 64.2 cm³/mol. The second-order valence-corrected chi connectivity index (χ2v) is 5.42. The maximum absolute atomic E-state index is 13.0. The second-order valence-electron chi connectivity index (χ2n) is 3.38. The van der Waals surface area contributed by atoms with Crippen molar-refractivity contribution >= 4 is 27.4 Å². The normalized spacial score (nSPS) is 11.3. The fourth-order valence-corrected chi connectivity index (χ4v) is 2.46. The molecule has 9 heteroatoms. The molecule has 0 atom stereocenters. The first kappa shape index (κ1) is 13.6. The largest absolute Gasteiger partial charge is 0.263 e. The van der Waals surface area contributed by atoms with Crippen molar-refractivity contribution in [2.75, 3.05) is 4.72 Å². The lowest BCUT2D eigenvalue weighted by Crippen LogP contribution is -2.15. The Morgan fingerprint density at radius 1 is 1.11 bits per heavy atom. The van der Waals surface area contributed by atoms with Gasteiger partial charge in [-0.25, -0.2) is 27.2 Å². The molecule has 0 fully saturated rings. The van der Waals surface area contributed by atoms with Gasteiger partial charge in [0.15, 0.2) is 22.6 Å². The van der Waals surface area contributed by atoms with E-state index in [2.05, 4.69) is 9.97 Å². The summed E-state index contributed by atoms with van der Waals surface area (Å²) in [5, 5.41) is -0.159. The highest BCUT2D eigenvalue weighted by atomic mass is 35.5. The van der Waals surface area contributed by atoms with Gasteiger partial charge in [-0.05, 0) is 18.2 Å². The number of benzene rings is 1. The fraction of sp³-hybridized carbons (Fsp3) is 0. The topological polar surface area (TPSA) is 72.0 Å². The first-order valence-corrected chi connectivity index (χ1v) is 6.70. The second kappa shape index (κ2) is 5.06. The molecule has 0 spiro atoms. The number of hydrogen-bond donors (Lipinski definition) is 1. The summed E-state index contributed by atoms with van der Waals surface area (Å²) in [7, 11) is -4.12. The molecule has 1 heterocycles. The Hall–Kier alpha value is -1.80. The summed E-state index contributed by atoms with van der Waals surface area (Å²) in [5.41, 5.74) is 0. The Morgan fingerprint density at radius 3 is 2.42 bits per heavy atom. The summed E-state index contributed by atoms with van der Waals surface area (Å²) in [6, 6.07) is 2.19. The Labute approximate surface area is 112 Å². The molecule has 5 nitrogen and oxygen atoms in total. The van der Waals surface area contributed by atoms with E-state index < -0.39 is 26.6 Å². The summed E-state index contributed by atoms with van der Waals surface area (Å²) >= 11 is 5.64. The monoisotopic (exact) mass is 305 g/mol. The smallest absolute Gasteiger partial charge is 0.261 e. The van der Waals surface area contributed by atoms with Crippen LogP contribution in [0.4, 0.5) is 14.6 Å². The zero-order valence-corrected chi connectivity index (χ0v) is 10.7. The van der Waals surface area contributed by atoms with Gasteiger partial charge < -0.3 is 0 Å². The lowest BCUT2D eigenvalue weighted by molar-refractivity contribution is 0.504. The van der Waals surface area contributed by atoms with E-state index in [-0.39, 0.29) is 11.0 Å². The van der Waals surface area contributed by atoms with Crippen molar-refractivity contribution in [1.82, 2.24) is 9.97 Å². The van der Waals surface area contributed by atoms with Crippen LogP contribution in [0, 0.1) is 11.6 Å². The number of aromatic nitrogens is 2. The molecule has 0 aliphatic carbocycles. The molecule has 100 valence electrons. The number of halogens is 3. The third kappa shape index (κ3) is 2.96. The number of sulfonamides is 1. The van der Waals surface area contributed by atoms with Gasteiger partial charge in [0.1, 0.15) is 0 Å². The minimum Gasteiger partial charge on any atom is -0.261 e. The van der Waals surface area contributed by atoms with Crippen LogP contribution in [0.2, 0.25) is 5.15 Å². The number of hydrogen-bond acceptors (Lipinski definition) is 4. The number of anilines is 1. The van der Waals surface area contributed by atoms with Crippen molar-refractivity contribution in [2.45, 2.75) is 4.90 Å². The van der Waals surface area contributed by atoms with Crippen LogP contribution >= 0.6 is 11.6 Å². The van der Waals surface area contributed by atoms with Gasteiger partial charge in [-0.3, -0.25) is 4.72 Å². The van der Waals surface area contributed by atoms with Gasteiger partial charge in [-0.1, -0.05) is 11.6 Å². The molecule has 0 saturated carbocycles. The van der Waals surface area contributed by atoms with Gasteiger partial charge in [-0.15, -0.1) is 0 Å². The van der Waals surface area contributed by atoms with Gasteiger partial charge >= 0.3 is 0 Å². The Balaban J connectivity index is 2.38. The van der Waals surface area contributed by atoms with E-state index in [1.54, 1.807) is 0 Å². The summed E-state index contributed by atoms with van der Waals surface area (Å²) < 4.78 is 51.6. The highest BCUT2D eigenvalue weighted by Gasteiger charge is 2.18. The van der Waals surface area contributed by atoms with E-state index in [9.17, 15) is 17.2 Å². The van der Waals surface area contributed by atoms with Crippen molar-refractivity contribution < 1.29 is 17.2 Å². The summed E-state index contributed by atoms with van der Waals surface area (Å²) in [6.07, 6.45) is 2.51. The van der Waals surface area contributed by atoms with Crippen molar-refractivity contribution in [1.29, 1.82) is 0 Å². The Morgan fingerprint density at radius 2 is 1.79 bits per heavy atom. The van der Waals surface area contributed by atoms with Crippen LogP contribution in [0.25, 0.3) is 0 Å². The first-order chi connectivity index (χ1) is 8.90. The standard InChI is InChI=1S/C10H6ClF2N3O2S/c11-9-10(15-4-3-14-9)16-19(17,18)6-1-2-7(12)8(13)5-6/h1-5H,(H,15,16). The van der Waals surface area contributed by atoms with Gasteiger partial charge in [0, 0.05) is 12.4 Å². The average molecular weight is 306 g/mol. The molecule has 19 heavy (non-hydrogen) atoms. The molecule has 2 rings (SSSR count). The van der Waals surface area contributed by atoms with E-state index in [4.69, 9.17) is 11.6 Å². The van der Waals surface area contributed by atoms with Gasteiger partial charge in [0.05, 0.1) is 4.90 Å². The molecule has 0 unspecified atom stereocenters. The van der Waals surface area contributed by atoms with Crippen LogP contribution < -0.4 is 4.72 Å². The number of nitrogens with zero attached hydrogens (tertiary/aromatic N) is 2. The Kier molecular flexibility index (Phi) is 3.63. The van der Waals surface area contributed by atoms with Gasteiger partial charge in [0.25, 0.3) is 10.0 Å². The lowest BCUT2D eigenvalue weighted by Gasteiger charge is -2.08. The first-order valence-electron chi connectivity index (χ1n) is 4.84. The minimum absolute atomic E-state index is 0.159. The maximum Gasteiger partial charge on any atom is 0.263 e. The minimum atomic E-state index is -4.12. The zero-order valence-electron chi connectivity index (χ0n) is 9.14. The van der Waals surface area contributed by atoms with Crippen molar-refractivity contribution in [3.8, 4) is 0 Å². The molecule has 0 bridgehead atoms. The third-order valence-corrected chi connectivity index (χ3v) is 3.70. The molecule has 2 aromatic rings. The number of rotatable bonds is 3. The van der Waals surface area contributed by atoms with Crippen LogP contribution in [0.1, 0.15) is 0 Å².